The fourth-order valence-corrected chi connectivity index (χ4v) is 3.64. The van der Waals surface area contributed by atoms with Gasteiger partial charge in [0.25, 0.3) is 0 Å². The van der Waals surface area contributed by atoms with Gasteiger partial charge in [0, 0.05) is 27.5 Å². The predicted molar refractivity (Wildman–Crippen MR) is 122 cm³/mol. The van der Waals surface area contributed by atoms with E-state index < -0.39 is 0 Å². The zero-order valence-electron chi connectivity index (χ0n) is 16.5. The lowest BCUT2D eigenvalue weighted by molar-refractivity contribution is 0.669. The minimum Gasteiger partial charge on any atom is -0.456 e. The molecule has 2 heterocycles. The van der Waals surface area contributed by atoms with Crippen molar-refractivity contribution in [2.24, 2.45) is 0 Å². The number of allylic oxidation sites excluding steroid dienone is 3. The Morgan fingerprint density at radius 2 is 1.53 bits per heavy atom. The summed E-state index contributed by atoms with van der Waals surface area (Å²) in [7, 11) is 0. The van der Waals surface area contributed by atoms with Crippen LogP contribution < -0.4 is 0 Å². The number of aromatic nitrogens is 3. The van der Waals surface area contributed by atoms with Crippen LogP contribution in [0.1, 0.15) is 12.7 Å². The molecule has 4 nitrogen and oxygen atoms in total. The Bertz CT molecular complexity index is 1410. The molecular weight excluding hydrogens is 370 g/mol. The molecule has 0 radical (unpaired) electrons. The van der Waals surface area contributed by atoms with Gasteiger partial charge in [-0.25, -0.2) is 15.0 Å². The molecule has 0 bridgehead atoms. The van der Waals surface area contributed by atoms with Crippen LogP contribution in [0.25, 0.3) is 50.3 Å². The standard InChI is InChI=1S/C26H19N3O/c1-3-17(4-2)24-27-25(18-11-6-5-7-12-18)29-26(28-24)20-14-10-16-22-23(20)19-13-8-9-15-21(19)30-22/h3-16H,1H2,2H3/b17-4+. The third-order valence-electron chi connectivity index (χ3n) is 5.10. The fraction of sp³-hybridized carbons (Fsp3) is 0.0385. The molecule has 0 aliphatic heterocycles. The summed E-state index contributed by atoms with van der Waals surface area (Å²) in [6, 6.07) is 23.9. The summed E-state index contributed by atoms with van der Waals surface area (Å²) in [6.45, 7) is 5.86. The molecule has 0 amide bonds. The van der Waals surface area contributed by atoms with Crippen molar-refractivity contribution in [1.82, 2.24) is 15.0 Å². The molecule has 0 saturated heterocycles. The highest BCUT2D eigenvalue weighted by molar-refractivity contribution is 6.11. The Morgan fingerprint density at radius 1 is 0.800 bits per heavy atom. The highest BCUT2D eigenvalue weighted by Crippen LogP contribution is 2.36. The van der Waals surface area contributed by atoms with Gasteiger partial charge < -0.3 is 4.42 Å². The van der Waals surface area contributed by atoms with Crippen molar-refractivity contribution >= 4 is 27.5 Å². The molecule has 0 aliphatic rings. The number of hydrogen-bond donors (Lipinski definition) is 0. The number of rotatable bonds is 4. The molecule has 0 unspecified atom stereocenters. The molecule has 0 N–H and O–H groups in total. The van der Waals surface area contributed by atoms with Crippen molar-refractivity contribution in [3.63, 3.8) is 0 Å². The Balaban J connectivity index is 1.83. The van der Waals surface area contributed by atoms with Gasteiger partial charge in [-0.15, -0.1) is 0 Å². The lowest BCUT2D eigenvalue weighted by atomic mass is 10.1. The van der Waals surface area contributed by atoms with Gasteiger partial charge in [0.2, 0.25) is 0 Å². The van der Waals surface area contributed by atoms with E-state index in [2.05, 4.69) is 12.6 Å². The maximum Gasteiger partial charge on any atom is 0.164 e. The summed E-state index contributed by atoms with van der Waals surface area (Å²) in [5, 5.41) is 2.05. The van der Waals surface area contributed by atoms with E-state index in [0.29, 0.717) is 17.5 Å². The zero-order chi connectivity index (χ0) is 20.5. The molecule has 30 heavy (non-hydrogen) atoms. The molecule has 144 valence electrons. The summed E-state index contributed by atoms with van der Waals surface area (Å²) in [5.41, 5.74) is 4.37. The van der Waals surface area contributed by atoms with Gasteiger partial charge in [-0.2, -0.15) is 0 Å². The van der Waals surface area contributed by atoms with Crippen LogP contribution in [-0.4, -0.2) is 15.0 Å². The van der Waals surface area contributed by atoms with Gasteiger partial charge in [0.05, 0.1) is 0 Å². The number of nitrogens with zero attached hydrogens (tertiary/aromatic N) is 3. The summed E-state index contributed by atoms with van der Waals surface area (Å²) in [6.07, 6.45) is 3.72. The average molecular weight is 389 g/mol. The normalized spacial score (nSPS) is 11.8. The Kier molecular flexibility index (Phi) is 4.45. The van der Waals surface area contributed by atoms with E-state index in [4.69, 9.17) is 19.4 Å². The summed E-state index contributed by atoms with van der Waals surface area (Å²) in [4.78, 5) is 14.4. The van der Waals surface area contributed by atoms with E-state index in [1.54, 1.807) is 6.08 Å². The van der Waals surface area contributed by atoms with E-state index in [1.807, 2.05) is 79.7 Å². The van der Waals surface area contributed by atoms with Gasteiger partial charge in [0.1, 0.15) is 11.2 Å². The second kappa shape index (κ2) is 7.41. The first-order chi connectivity index (χ1) is 14.8. The van der Waals surface area contributed by atoms with Crippen molar-refractivity contribution in [1.29, 1.82) is 0 Å². The second-order valence-electron chi connectivity index (χ2n) is 6.90. The summed E-state index contributed by atoms with van der Waals surface area (Å²) >= 11 is 0. The van der Waals surface area contributed by atoms with Gasteiger partial charge in [-0.05, 0) is 19.1 Å². The molecule has 3 aromatic carbocycles. The van der Waals surface area contributed by atoms with E-state index in [9.17, 15) is 0 Å². The quantitative estimate of drug-likeness (QED) is 0.321. The van der Waals surface area contributed by atoms with Crippen LogP contribution in [0.15, 0.2) is 95.9 Å². The maximum absolute atomic E-state index is 6.05. The van der Waals surface area contributed by atoms with Crippen molar-refractivity contribution in [3.05, 3.63) is 97.4 Å². The van der Waals surface area contributed by atoms with Crippen molar-refractivity contribution in [3.8, 4) is 22.8 Å². The molecule has 0 aliphatic carbocycles. The van der Waals surface area contributed by atoms with Crippen molar-refractivity contribution in [2.45, 2.75) is 6.92 Å². The van der Waals surface area contributed by atoms with Gasteiger partial charge in [0.15, 0.2) is 17.5 Å². The topological polar surface area (TPSA) is 51.8 Å². The first-order valence-corrected chi connectivity index (χ1v) is 9.79. The summed E-state index contributed by atoms with van der Waals surface area (Å²) in [5.74, 6) is 1.83. The predicted octanol–water partition coefficient (Wildman–Crippen LogP) is 6.69. The number of furan rings is 1. The molecule has 5 aromatic rings. The molecule has 0 atom stereocenters. The highest BCUT2D eigenvalue weighted by Gasteiger charge is 2.17. The maximum atomic E-state index is 6.05. The minimum atomic E-state index is 0.598. The SMILES string of the molecule is C=C/C(=C\C)c1nc(-c2ccccc2)nc(-c2cccc3oc4ccccc4c23)n1. The molecule has 0 saturated carbocycles. The third-order valence-corrected chi connectivity index (χ3v) is 5.10. The van der Waals surface area contributed by atoms with Gasteiger partial charge in [-0.1, -0.05) is 79.4 Å². The molecule has 0 fully saturated rings. The Hall–Kier alpha value is -4.05. The van der Waals surface area contributed by atoms with E-state index in [1.165, 1.54) is 0 Å². The van der Waals surface area contributed by atoms with Crippen LogP contribution >= 0.6 is 0 Å². The van der Waals surface area contributed by atoms with Crippen LogP contribution in [0.3, 0.4) is 0 Å². The molecular formula is C26H19N3O. The highest BCUT2D eigenvalue weighted by atomic mass is 16.3. The lowest BCUT2D eigenvalue weighted by Crippen LogP contribution is -2.02. The number of para-hydroxylation sites is 1. The van der Waals surface area contributed by atoms with Gasteiger partial charge >= 0.3 is 0 Å². The smallest absolute Gasteiger partial charge is 0.164 e. The monoisotopic (exact) mass is 389 g/mol. The second-order valence-corrected chi connectivity index (χ2v) is 6.90. The van der Waals surface area contributed by atoms with Gasteiger partial charge in [-0.3, -0.25) is 0 Å². The van der Waals surface area contributed by atoms with Crippen molar-refractivity contribution in [2.75, 3.05) is 0 Å². The Labute approximate surface area is 174 Å². The van der Waals surface area contributed by atoms with Crippen LogP contribution in [0, 0.1) is 0 Å². The third kappa shape index (κ3) is 2.99. The fourth-order valence-electron chi connectivity index (χ4n) is 3.64. The first kappa shape index (κ1) is 18.0. The van der Waals surface area contributed by atoms with E-state index in [0.717, 1.165) is 38.6 Å². The molecule has 2 aromatic heterocycles. The first-order valence-electron chi connectivity index (χ1n) is 9.79. The number of fused-ring (bicyclic) bond motifs is 3. The molecule has 4 heteroatoms. The number of benzene rings is 3. The van der Waals surface area contributed by atoms with Crippen LogP contribution in [0.5, 0.6) is 0 Å². The average Bonchev–Trinajstić information content (AvgIpc) is 3.19. The largest absolute Gasteiger partial charge is 0.456 e. The Morgan fingerprint density at radius 3 is 2.33 bits per heavy atom. The van der Waals surface area contributed by atoms with E-state index in [-0.39, 0.29) is 0 Å². The van der Waals surface area contributed by atoms with Crippen molar-refractivity contribution < 1.29 is 4.42 Å². The minimum absolute atomic E-state index is 0.598. The zero-order valence-corrected chi connectivity index (χ0v) is 16.5. The molecule has 0 spiro atoms. The summed E-state index contributed by atoms with van der Waals surface area (Å²) < 4.78 is 6.05. The van der Waals surface area contributed by atoms with Crippen LogP contribution in [-0.2, 0) is 0 Å². The number of hydrogen-bond acceptors (Lipinski definition) is 4. The lowest BCUT2D eigenvalue weighted by Gasteiger charge is -2.09. The molecule has 5 rings (SSSR count). The van der Waals surface area contributed by atoms with E-state index >= 15 is 0 Å². The van der Waals surface area contributed by atoms with Crippen LogP contribution in [0.4, 0.5) is 0 Å². The van der Waals surface area contributed by atoms with Crippen LogP contribution in [0.2, 0.25) is 0 Å².